The van der Waals surface area contributed by atoms with Gasteiger partial charge < -0.3 is 15.8 Å². The van der Waals surface area contributed by atoms with E-state index in [2.05, 4.69) is 31.1 Å². The Morgan fingerprint density at radius 3 is 2.56 bits per heavy atom. The Kier molecular flexibility index (Phi) is 5.22. The minimum Gasteiger partial charge on any atom is -0.465 e. The summed E-state index contributed by atoms with van der Waals surface area (Å²) in [7, 11) is 1.25. The number of halogens is 2. The molecule has 0 atom stereocenters. The first-order valence-electron chi connectivity index (χ1n) is 7.69. The van der Waals surface area contributed by atoms with Crippen LogP contribution in [0.2, 0.25) is 0 Å². The van der Waals surface area contributed by atoms with Crippen molar-refractivity contribution in [1.29, 1.82) is 0 Å². The van der Waals surface area contributed by atoms with Crippen LogP contribution in [0.4, 0.5) is 15.9 Å². The van der Waals surface area contributed by atoms with E-state index in [0.29, 0.717) is 15.7 Å². The topological polar surface area (TPSA) is 99.2 Å². The number of nitrogens with two attached hydrogens (primary N) is 1. The number of rotatable bonds is 4. The quantitative estimate of drug-likeness (QED) is 0.615. The fourth-order valence-corrected chi connectivity index (χ4v) is 2.70. The van der Waals surface area contributed by atoms with Gasteiger partial charge in [-0.05, 0) is 42.5 Å². The third-order valence-corrected chi connectivity index (χ3v) is 4.26. The van der Waals surface area contributed by atoms with Crippen LogP contribution in [0.1, 0.15) is 20.7 Å². The van der Waals surface area contributed by atoms with E-state index in [9.17, 15) is 14.0 Å². The highest BCUT2D eigenvalue weighted by Crippen LogP contribution is 2.21. The number of carbonyl (C=O) groups is 2. The maximum absolute atomic E-state index is 13.8. The van der Waals surface area contributed by atoms with Crippen molar-refractivity contribution >= 4 is 39.3 Å². The smallest absolute Gasteiger partial charge is 0.343 e. The Labute approximate surface area is 162 Å². The van der Waals surface area contributed by atoms with Gasteiger partial charge in [0.15, 0.2) is 0 Å². The predicted molar refractivity (Wildman–Crippen MR) is 101 cm³/mol. The molecule has 0 fully saturated rings. The van der Waals surface area contributed by atoms with E-state index in [1.807, 2.05) is 0 Å². The zero-order valence-corrected chi connectivity index (χ0v) is 15.7. The van der Waals surface area contributed by atoms with E-state index in [4.69, 9.17) is 5.73 Å². The first kappa shape index (κ1) is 18.6. The monoisotopic (exact) mass is 432 g/mol. The van der Waals surface area contributed by atoms with Crippen molar-refractivity contribution < 1.29 is 18.7 Å². The van der Waals surface area contributed by atoms with Crippen molar-refractivity contribution in [3.05, 3.63) is 70.1 Å². The van der Waals surface area contributed by atoms with Crippen LogP contribution < -0.4 is 11.1 Å². The van der Waals surface area contributed by atoms with Gasteiger partial charge in [-0.1, -0.05) is 15.9 Å². The summed E-state index contributed by atoms with van der Waals surface area (Å²) in [5.41, 5.74) is 7.00. The Morgan fingerprint density at radius 1 is 1.22 bits per heavy atom. The van der Waals surface area contributed by atoms with Gasteiger partial charge in [-0.3, -0.25) is 4.79 Å². The van der Waals surface area contributed by atoms with Crippen LogP contribution in [0.5, 0.6) is 0 Å². The molecule has 0 saturated heterocycles. The number of hydrogen-bond acceptors (Lipinski definition) is 5. The highest BCUT2D eigenvalue weighted by Gasteiger charge is 2.17. The van der Waals surface area contributed by atoms with Crippen molar-refractivity contribution in [3.63, 3.8) is 0 Å². The van der Waals surface area contributed by atoms with E-state index in [0.717, 1.165) is 0 Å². The molecule has 0 aliphatic rings. The van der Waals surface area contributed by atoms with Gasteiger partial charge in [-0.25, -0.2) is 13.9 Å². The molecule has 0 aliphatic heterocycles. The molecule has 0 spiro atoms. The van der Waals surface area contributed by atoms with Crippen LogP contribution in [0.3, 0.4) is 0 Å². The van der Waals surface area contributed by atoms with Crippen LogP contribution in [-0.2, 0) is 4.74 Å². The summed E-state index contributed by atoms with van der Waals surface area (Å²) < 4.78 is 20.4. The van der Waals surface area contributed by atoms with E-state index in [1.54, 1.807) is 30.3 Å². The standard InChI is InChI=1S/C18H14BrFN4O3/c1-27-18(26)13-9-22-24(16(13)21)12-5-2-10(3-6-12)17(25)23-15-7-4-11(19)8-14(15)20/h2-9H,21H2,1H3,(H,23,25). The molecule has 7 nitrogen and oxygen atoms in total. The number of esters is 1. The Hall–Kier alpha value is -3.20. The summed E-state index contributed by atoms with van der Waals surface area (Å²) >= 11 is 3.16. The number of anilines is 2. The molecular weight excluding hydrogens is 419 g/mol. The van der Waals surface area contributed by atoms with Crippen LogP contribution in [0.25, 0.3) is 5.69 Å². The van der Waals surface area contributed by atoms with Crippen molar-refractivity contribution in [2.45, 2.75) is 0 Å². The van der Waals surface area contributed by atoms with Crippen LogP contribution >= 0.6 is 15.9 Å². The Balaban J connectivity index is 1.80. The van der Waals surface area contributed by atoms with Gasteiger partial charge in [0.05, 0.1) is 24.7 Å². The number of carbonyl (C=O) groups excluding carboxylic acids is 2. The molecule has 2 aromatic carbocycles. The number of aromatic nitrogens is 2. The number of nitrogens with one attached hydrogen (secondary N) is 1. The molecule has 138 valence electrons. The molecule has 3 rings (SSSR count). The summed E-state index contributed by atoms with van der Waals surface area (Å²) in [4.78, 5) is 23.9. The Morgan fingerprint density at radius 2 is 1.93 bits per heavy atom. The summed E-state index contributed by atoms with van der Waals surface area (Å²) in [6.45, 7) is 0. The van der Waals surface area contributed by atoms with E-state index in [-0.39, 0.29) is 17.1 Å². The summed E-state index contributed by atoms with van der Waals surface area (Å²) in [6, 6.07) is 10.7. The second-order valence-electron chi connectivity index (χ2n) is 5.47. The minimum absolute atomic E-state index is 0.0753. The number of ether oxygens (including phenoxy) is 1. The zero-order chi connectivity index (χ0) is 19.6. The van der Waals surface area contributed by atoms with Crippen LogP contribution in [0.15, 0.2) is 53.1 Å². The van der Waals surface area contributed by atoms with E-state index >= 15 is 0 Å². The molecule has 3 N–H and O–H groups in total. The van der Waals surface area contributed by atoms with E-state index < -0.39 is 17.7 Å². The normalized spacial score (nSPS) is 10.5. The molecule has 0 aliphatic carbocycles. The van der Waals surface area contributed by atoms with Crippen molar-refractivity contribution in [1.82, 2.24) is 9.78 Å². The first-order chi connectivity index (χ1) is 12.9. The van der Waals surface area contributed by atoms with Gasteiger partial charge in [-0.15, -0.1) is 0 Å². The molecule has 3 aromatic rings. The van der Waals surface area contributed by atoms with Gasteiger partial charge in [0.25, 0.3) is 5.91 Å². The largest absolute Gasteiger partial charge is 0.465 e. The zero-order valence-electron chi connectivity index (χ0n) is 14.1. The molecule has 0 radical (unpaired) electrons. The number of benzene rings is 2. The summed E-state index contributed by atoms with van der Waals surface area (Å²) in [6.07, 6.45) is 1.30. The maximum atomic E-state index is 13.8. The third-order valence-electron chi connectivity index (χ3n) is 3.77. The highest BCUT2D eigenvalue weighted by molar-refractivity contribution is 9.10. The average Bonchev–Trinajstić information content (AvgIpc) is 3.05. The van der Waals surface area contributed by atoms with Crippen molar-refractivity contribution in [2.75, 3.05) is 18.2 Å². The fraction of sp³-hybridized carbons (Fsp3) is 0.0556. The molecule has 0 saturated carbocycles. The highest BCUT2D eigenvalue weighted by atomic mass is 79.9. The molecule has 1 amide bonds. The minimum atomic E-state index is -0.591. The summed E-state index contributed by atoms with van der Waals surface area (Å²) in [5.74, 6) is -1.48. The van der Waals surface area contributed by atoms with Crippen molar-refractivity contribution in [3.8, 4) is 5.69 Å². The number of hydrogen-bond donors (Lipinski definition) is 2. The van der Waals surface area contributed by atoms with Gasteiger partial charge in [0, 0.05) is 10.0 Å². The first-order valence-corrected chi connectivity index (χ1v) is 8.48. The average molecular weight is 433 g/mol. The second-order valence-corrected chi connectivity index (χ2v) is 6.39. The second kappa shape index (κ2) is 7.58. The SMILES string of the molecule is COC(=O)c1cnn(-c2ccc(C(=O)Nc3ccc(Br)cc3F)cc2)c1N. The third kappa shape index (κ3) is 3.82. The maximum Gasteiger partial charge on any atom is 0.343 e. The molecule has 0 bridgehead atoms. The lowest BCUT2D eigenvalue weighted by molar-refractivity contribution is 0.0602. The molecular formula is C18H14BrFN4O3. The summed E-state index contributed by atoms with van der Waals surface area (Å²) in [5, 5.41) is 6.56. The molecule has 1 aromatic heterocycles. The number of amides is 1. The lowest BCUT2D eigenvalue weighted by atomic mass is 10.2. The number of nitrogen functional groups attached to an aromatic ring is 1. The number of methoxy groups -OCH3 is 1. The number of nitrogens with zero attached hydrogens (tertiary/aromatic N) is 2. The van der Waals surface area contributed by atoms with Crippen molar-refractivity contribution in [2.24, 2.45) is 0 Å². The van der Waals surface area contributed by atoms with Crippen LogP contribution in [0, 0.1) is 5.82 Å². The van der Waals surface area contributed by atoms with Crippen LogP contribution in [-0.4, -0.2) is 28.8 Å². The predicted octanol–water partition coefficient (Wildman–Crippen LogP) is 3.40. The van der Waals surface area contributed by atoms with Gasteiger partial charge >= 0.3 is 5.97 Å². The van der Waals surface area contributed by atoms with E-state index in [1.165, 1.54) is 30.1 Å². The van der Waals surface area contributed by atoms with Gasteiger partial charge in [0.2, 0.25) is 0 Å². The fourth-order valence-electron chi connectivity index (χ4n) is 2.37. The lowest BCUT2D eigenvalue weighted by Gasteiger charge is -2.08. The Bertz CT molecular complexity index is 1020. The molecule has 0 unspecified atom stereocenters. The molecule has 27 heavy (non-hydrogen) atoms. The lowest BCUT2D eigenvalue weighted by Crippen LogP contribution is -2.13. The molecule has 1 heterocycles. The molecule has 9 heteroatoms. The van der Waals surface area contributed by atoms with Gasteiger partial charge in [0.1, 0.15) is 17.2 Å². The van der Waals surface area contributed by atoms with Gasteiger partial charge in [-0.2, -0.15) is 5.10 Å².